The summed E-state index contributed by atoms with van der Waals surface area (Å²) in [6.45, 7) is 0.417. The molecule has 1 aromatic heterocycles. The van der Waals surface area contributed by atoms with Crippen molar-refractivity contribution in [3.63, 3.8) is 0 Å². The lowest BCUT2D eigenvalue weighted by Crippen LogP contribution is -2.24. The minimum atomic E-state index is -0.517. The summed E-state index contributed by atoms with van der Waals surface area (Å²) < 4.78 is 0.494. The second-order valence-electron chi connectivity index (χ2n) is 3.75. The van der Waals surface area contributed by atoms with Crippen LogP contribution in [0.3, 0.4) is 0 Å². The van der Waals surface area contributed by atoms with Crippen molar-refractivity contribution in [2.24, 2.45) is 0 Å². The summed E-state index contributed by atoms with van der Waals surface area (Å²) >= 11 is 3.19. The van der Waals surface area contributed by atoms with Gasteiger partial charge in [-0.15, -0.1) is 0 Å². The molecule has 0 bridgehead atoms. The lowest BCUT2D eigenvalue weighted by Gasteiger charge is -2.11. The monoisotopic (exact) mass is 316 g/mol. The molecule has 1 amide bonds. The molecule has 1 rings (SSSR count). The second kappa shape index (κ2) is 6.29. The van der Waals surface area contributed by atoms with Crippen molar-refractivity contribution in [3.05, 3.63) is 26.9 Å². The molecule has 0 aliphatic rings. The van der Waals surface area contributed by atoms with E-state index in [4.69, 9.17) is 0 Å². The number of halogens is 1. The van der Waals surface area contributed by atoms with Crippen molar-refractivity contribution in [1.29, 1.82) is 0 Å². The molecule has 98 valence electrons. The summed E-state index contributed by atoms with van der Waals surface area (Å²) in [5.74, 6) is 0.479. The molecule has 0 saturated carbocycles. The number of nitrogens with zero attached hydrogens (tertiary/aromatic N) is 3. The average Bonchev–Trinajstić information content (AvgIpc) is 2.30. The molecule has 0 spiro atoms. The number of hydrogen-bond donors (Lipinski definition) is 1. The Balaban J connectivity index is 2.58. The summed E-state index contributed by atoms with van der Waals surface area (Å²) in [5, 5.41) is 13.5. The van der Waals surface area contributed by atoms with Gasteiger partial charge < -0.3 is 10.2 Å². The van der Waals surface area contributed by atoms with Gasteiger partial charge in [-0.3, -0.25) is 14.9 Å². The van der Waals surface area contributed by atoms with Crippen LogP contribution in [-0.2, 0) is 4.79 Å². The first-order valence-corrected chi connectivity index (χ1v) is 5.95. The van der Waals surface area contributed by atoms with Crippen LogP contribution in [0.2, 0.25) is 0 Å². The number of hydrogen-bond acceptors (Lipinski definition) is 5. The minimum absolute atomic E-state index is 0.000495. The first-order chi connectivity index (χ1) is 8.41. The Hall–Kier alpha value is -1.70. The van der Waals surface area contributed by atoms with Gasteiger partial charge in [0.2, 0.25) is 5.91 Å². The van der Waals surface area contributed by atoms with Crippen molar-refractivity contribution in [3.8, 4) is 0 Å². The topological polar surface area (TPSA) is 88.4 Å². The molecule has 0 aromatic carbocycles. The van der Waals surface area contributed by atoms with E-state index in [1.165, 1.54) is 17.2 Å². The predicted molar refractivity (Wildman–Crippen MR) is 70.4 cm³/mol. The van der Waals surface area contributed by atoms with Crippen LogP contribution in [0.1, 0.15) is 6.42 Å². The van der Waals surface area contributed by atoms with Crippen LogP contribution in [0, 0.1) is 10.1 Å². The minimum Gasteiger partial charge on any atom is -0.369 e. The SMILES string of the molecule is CN(C)C(=O)CCNc1ncc([N+](=O)[O-])cc1Br. The lowest BCUT2D eigenvalue weighted by molar-refractivity contribution is -0.385. The van der Waals surface area contributed by atoms with Gasteiger partial charge in [0.25, 0.3) is 5.69 Å². The maximum Gasteiger partial charge on any atom is 0.288 e. The van der Waals surface area contributed by atoms with Crippen molar-refractivity contribution in [1.82, 2.24) is 9.88 Å². The van der Waals surface area contributed by atoms with Gasteiger partial charge >= 0.3 is 0 Å². The maximum absolute atomic E-state index is 11.3. The summed E-state index contributed by atoms with van der Waals surface area (Å²) in [7, 11) is 3.37. The smallest absolute Gasteiger partial charge is 0.288 e. The summed E-state index contributed by atoms with van der Waals surface area (Å²) in [5.41, 5.74) is -0.0863. The number of nitro groups is 1. The Morgan fingerprint density at radius 2 is 2.28 bits per heavy atom. The van der Waals surface area contributed by atoms with Crippen LogP contribution in [0.4, 0.5) is 11.5 Å². The molecule has 1 heterocycles. The van der Waals surface area contributed by atoms with E-state index in [0.717, 1.165) is 0 Å². The van der Waals surface area contributed by atoms with Gasteiger partial charge in [-0.1, -0.05) is 0 Å². The quantitative estimate of drug-likeness (QED) is 0.659. The van der Waals surface area contributed by atoms with E-state index < -0.39 is 4.92 Å². The van der Waals surface area contributed by atoms with Gasteiger partial charge in [-0.25, -0.2) is 4.98 Å². The van der Waals surface area contributed by atoms with E-state index in [1.807, 2.05) is 0 Å². The van der Waals surface area contributed by atoms with Gasteiger partial charge in [-0.2, -0.15) is 0 Å². The molecule has 18 heavy (non-hydrogen) atoms. The fourth-order valence-electron chi connectivity index (χ4n) is 1.17. The Bertz CT molecular complexity index is 464. The fourth-order valence-corrected chi connectivity index (χ4v) is 1.65. The number of carbonyl (C=O) groups excluding carboxylic acids is 1. The number of anilines is 1. The Labute approximate surface area is 112 Å². The molecule has 8 heteroatoms. The molecular weight excluding hydrogens is 304 g/mol. The highest BCUT2D eigenvalue weighted by molar-refractivity contribution is 9.10. The third-order valence-electron chi connectivity index (χ3n) is 2.17. The van der Waals surface area contributed by atoms with Gasteiger partial charge in [-0.05, 0) is 15.9 Å². The second-order valence-corrected chi connectivity index (χ2v) is 4.60. The zero-order valence-corrected chi connectivity index (χ0v) is 11.6. The van der Waals surface area contributed by atoms with Crippen molar-refractivity contribution >= 4 is 33.3 Å². The first-order valence-electron chi connectivity index (χ1n) is 5.15. The zero-order chi connectivity index (χ0) is 13.7. The van der Waals surface area contributed by atoms with E-state index in [9.17, 15) is 14.9 Å². The van der Waals surface area contributed by atoms with Crippen LogP contribution >= 0.6 is 15.9 Å². The van der Waals surface area contributed by atoms with Gasteiger partial charge in [0, 0.05) is 33.1 Å². The highest BCUT2D eigenvalue weighted by Gasteiger charge is 2.10. The largest absolute Gasteiger partial charge is 0.369 e. The normalized spacial score (nSPS) is 9.94. The Morgan fingerprint density at radius 3 is 2.78 bits per heavy atom. The molecule has 0 saturated heterocycles. The number of pyridine rings is 1. The highest BCUT2D eigenvalue weighted by atomic mass is 79.9. The fraction of sp³-hybridized carbons (Fsp3) is 0.400. The molecule has 0 aliphatic carbocycles. The predicted octanol–water partition coefficient (Wildman–Crippen LogP) is 1.64. The molecule has 0 fully saturated rings. The van der Waals surface area contributed by atoms with Crippen molar-refractivity contribution in [2.75, 3.05) is 26.0 Å². The molecule has 7 nitrogen and oxygen atoms in total. The molecule has 1 N–H and O–H groups in total. The summed E-state index contributed by atoms with van der Waals surface area (Å²) in [6.07, 6.45) is 1.50. The Kier molecular flexibility index (Phi) is 5.02. The number of amides is 1. The molecule has 0 radical (unpaired) electrons. The van der Waals surface area contributed by atoms with Crippen LogP contribution in [0.15, 0.2) is 16.7 Å². The van der Waals surface area contributed by atoms with Crippen LogP contribution in [0.25, 0.3) is 0 Å². The standard InChI is InChI=1S/C10H13BrN4O3/c1-14(2)9(16)3-4-12-10-8(11)5-7(6-13-10)15(17)18/h5-6H,3-4H2,1-2H3,(H,12,13). The number of carbonyl (C=O) groups is 1. The van der Waals surface area contributed by atoms with E-state index in [-0.39, 0.29) is 11.6 Å². The first kappa shape index (κ1) is 14.4. The van der Waals surface area contributed by atoms with E-state index in [0.29, 0.717) is 23.3 Å². The lowest BCUT2D eigenvalue weighted by atomic mass is 10.3. The molecule has 0 atom stereocenters. The van der Waals surface area contributed by atoms with E-state index in [2.05, 4.69) is 26.2 Å². The number of aromatic nitrogens is 1. The van der Waals surface area contributed by atoms with Crippen LogP contribution in [0.5, 0.6) is 0 Å². The third-order valence-corrected chi connectivity index (χ3v) is 2.77. The molecule has 0 unspecified atom stereocenters. The maximum atomic E-state index is 11.3. The van der Waals surface area contributed by atoms with Crippen molar-refractivity contribution < 1.29 is 9.72 Å². The summed E-state index contributed by atoms with van der Waals surface area (Å²) in [4.78, 5) is 26.7. The molecule has 1 aromatic rings. The van der Waals surface area contributed by atoms with Crippen LogP contribution in [-0.4, -0.2) is 41.4 Å². The number of nitrogens with one attached hydrogen (secondary N) is 1. The van der Waals surface area contributed by atoms with Crippen molar-refractivity contribution in [2.45, 2.75) is 6.42 Å². The van der Waals surface area contributed by atoms with E-state index >= 15 is 0 Å². The van der Waals surface area contributed by atoms with E-state index in [1.54, 1.807) is 14.1 Å². The van der Waals surface area contributed by atoms with Gasteiger partial charge in [0.15, 0.2) is 0 Å². The zero-order valence-electron chi connectivity index (χ0n) is 10.0. The average molecular weight is 317 g/mol. The highest BCUT2D eigenvalue weighted by Crippen LogP contribution is 2.24. The summed E-state index contributed by atoms with van der Waals surface area (Å²) in [6, 6.07) is 1.36. The third kappa shape index (κ3) is 3.95. The van der Waals surface area contributed by atoms with Crippen LogP contribution < -0.4 is 5.32 Å². The van der Waals surface area contributed by atoms with Gasteiger partial charge in [0.1, 0.15) is 12.0 Å². The molecule has 0 aliphatic heterocycles. The van der Waals surface area contributed by atoms with Gasteiger partial charge in [0.05, 0.1) is 9.40 Å². The Morgan fingerprint density at radius 1 is 1.61 bits per heavy atom. The molecular formula is C10H13BrN4O3. The number of rotatable bonds is 5.